The monoisotopic (exact) mass is 354 g/mol. The van der Waals surface area contributed by atoms with Crippen molar-refractivity contribution < 1.29 is 19.1 Å². The summed E-state index contributed by atoms with van der Waals surface area (Å²) in [6, 6.07) is 12.2. The Labute approximate surface area is 152 Å². The lowest BCUT2D eigenvalue weighted by molar-refractivity contribution is 0.0827. The van der Waals surface area contributed by atoms with Gasteiger partial charge >= 0.3 is 0 Å². The van der Waals surface area contributed by atoms with Gasteiger partial charge in [0.1, 0.15) is 17.6 Å². The lowest BCUT2D eigenvalue weighted by Crippen LogP contribution is -2.42. The van der Waals surface area contributed by atoms with Crippen molar-refractivity contribution in [2.24, 2.45) is 0 Å². The van der Waals surface area contributed by atoms with Crippen molar-refractivity contribution in [3.63, 3.8) is 0 Å². The zero-order chi connectivity index (χ0) is 18.8. The minimum atomic E-state index is -0.178. The van der Waals surface area contributed by atoms with Crippen molar-refractivity contribution >= 4 is 17.5 Å². The van der Waals surface area contributed by atoms with Gasteiger partial charge in [0, 0.05) is 31.3 Å². The molecule has 6 heteroatoms. The Kier molecular flexibility index (Phi) is 4.84. The Morgan fingerprint density at radius 3 is 2.58 bits per heavy atom. The van der Waals surface area contributed by atoms with E-state index in [0.29, 0.717) is 34.9 Å². The molecule has 6 nitrogen and oxygen atoms in total. The molecule has 1 aliphatic rings. The Morgan fingerprint density at radius 1 is 1.15 bits per heavy atom. The highest BCUT2D eigenvalue weighted by Gasteiger charge is 2.29. The molecule has 0 saturated carbocycles. The number of hydrogen-bond acceptors (Lipinski definition) is 4. The number of anilines is 1. The number of carbonyl (C=O) groups excluding carboxylic acids is 2. The molecule has 1 aliphatic heterocycles. The fourth-order valence-electron chi connectivity index (χ4n) is 2.94. The number of carbonyl (C=O) groups is 2. The van der Waals surface area contributed by atoms with Crippen molar-refractivity contribution in [2.75, 3.05) is 32.6 Å². The summed E-state index contributed by atoms with van der Waals surface area (Å²) in [4.78, 5) is 28.5. The number of benzene rings is 2. The van der Waals surface area contributed by atoms with E-state index in [4.69, 9.17) is 9.47 Å². The van der Waals surface area contributed by atoms with Gasteiger partial charge in [0.05, 0.1) is 19.3 Å². The van der Waals surface area contributed by atoms with E-state index in [1.54, 1.807) is 68.6 Å². The third-order valence-corrected chi connectivity index (χ3v) is 4.23. The lowest BCUT2D eigenvalue weighted by atomic mass is 10.1. The zero-order valence-corrected chi connectivity index (χ0v) is 15.4. The van der Waals surface area contributed by atoms with Crippen LogP contribution in [0, 0.1) is 0 Å². The van der Waals surface area contributed by atoms with Crippen molar-refractivity contribution in [2.45, 2.75) is 13.0 Å². The molecular weight excluding hydrogens is 332 g/mol. The Hall–Kier alpha value is -3.02. The summed E-state index contributed by atoms with van der Waals surface area (Å²) in [5, 5.41) is 0. The molecule has 0 fully saturated rings. The van der Waals surface area contributed by atoms with E-state index in [1.165, 1.54) is 4.90 Å². The van der Waals surface area contributed by atoms with E-state index in [-0.39, 0.29) is 17.9 Å². The molecule has 0 spiro atoms. The normalized spacial score (nSPS) is 15.7. The molecule has 136 valence electrons. The van der Waals surface area contributed by atoms with E-state index in [1.807, 2.05) is 6.92 Å². The molecule has 0 N–H and O–H groups in total. The minimum absolute atomic E-state index is 0.133. The average molecular weight is 354 g/mol. The molecule has 1 atom stereocenters. The van der Waals surface area contributed by atoms with Crippen LogP contribution in [-0.2, 0) is 0 Å². The van der Waals surface area contributed by atoms with Gasteiger partial charge in [-0.15, -0.1) is 0 Å². The van der Waals surface area contributed by atoms with Gasteiger partial charge in [-0.3, -0.25) is 9.59 Å². The highest BCUT2D eigenvalue weighted by molar-refractivity contribution is 6.08. The smallest absolute Gasteiger partial charge is 0.258 e. The first-order valence-electron chi connectivity index (χ1n) is 8.39. The third kappa shape index (κ3) is 3.35. The van der Waals surface area contributed by atoms with Crippen LogP contribution < -0.4 is 14.4 Å². The molecule has 1 heterocycles. The predicted octanol–water partition coefficient (Wildman–Crippen LogP) is 2.82. The molecule has 2 aromatic rings. The fraction of sp³-hybridized carbons (Fsp3) is 0.300. The summed E-state index contributed by atoms with van der Waals surface area (Å²) in [7, 11) is 4.95. The van der Waals surface area contributed by atoms with Gasteiger partial charge in [-0.05, 0) is 37.3 Å². The summed E-state index contributed by atoms with van der Waals surface area (Å²) in [5.74, 6) is 0.967. The largest absolute Gasteiger partial charge is 0.497 e. The van der Waals surface area contributed by atoms with Gasteiger partial charge < -0.3 is 19.3 Å². The maximum Gasteiger partial charge on any atom is 0.258 e. The van der Waals surface area contributed by atoms with Crippen molar-refractivity contribution in [3.05, 3.63) is 53.6 Å². The molecule has 0 aliphatic carbocycles. The number of hydrogen-bond donors (Lipinski definition) is 0. The number of ether oxygens (including phenoxy) is 2. The third-order valence-electron chi connectivity index (χ3n) is 4.23. The van der Waals surface area contributed by atoms with Crippen LogP contribution in [0.1, 0.15) is 27.6 Å². The maximum absolute atomic E-state index is 13.2. The topological polar surface area (TPSA) is 59.1 Å². The standard InChI is InChI=1S/C20H22N2O4/c1-13-12-22(17-11-16(25-4)8-9-18(17)26-13)20(24)15-7-5-6-14(10-15)19(23)21(2)3/h5-11,13H,12H2,1-4H3. The first-order chi connectivity index (χ1) is 12.4. The molecule has 26 heavy (non-hydrogen) atoms. The average Bonchev–Trinajstić information content (AvgIpc) is 2.65. The summed E-state index contributed by atoms with van der Waals surface area (Å²) in [5.41, 5.74) is 1.60. The number of methoxy groups -OCH3 is 1. The van der Waals surface area contributed by atoms with Crippen molar-refractivity contribution in [3.8, 4) is 11.5 Å². The Balaban J connectivity index is 1.98. The predicted molar refractivity (Wildman–Crippen MR) is 99.2 cm³/mol. The molecule has 2 amide bonds. The molecule has 3 rings (SSSR count). The quantitative estimate of drug-likeness (QED) is 0.850. The van der Waals surface area contributed by atoms with Crippen LogP contribution >= 0.6 is 0 Å². The van der Waals surface area contributed by atoms with Gasteiger partial charge in [-0.25, -0.2) is 0 Å². The molecule has 0 aromatic heterocycles. The Morgan fingerprint density at radius 2 is 1.88 bits per heavy atom. The molecule has 0 radical (unpaired) electrons. The summed E-state index contributed by atoms with van der Waals surface area (Å²) in [6.45, 7) is 2.34. The van der Waals surface area contributed by atoms with E-state index in [0.717, 1.165) is 0 Å². The summed E-state index contributed by atoms with van der Waals surface area (Å²) >= 11 is 0. The Bertz CT molecular complexity index is 847. The second kappa shape index (κ2) is 7.07. The first-order valence-corrected chi connectivity index (χ1v) is 8.39. The SMILES string of the molecule is COc1ccc2c(c1)N(C(=O)c1cccc(C(=O)N(C)C)c1)CC(C)O2. The van der Waals surface area contributed by atoms with Crippen LogP contribution in [0.5, 0.6) is 11.5 Å². The molecule has 1 unspecified atom stereocenters. The van der Waals surface area contributed by atoms with Gasteiger partial charge in [-0.1, -0.05) is 6.07 Å². The minimum Gasteiger partial charge on any atom is -0.497 e. The highest BCUT2D eigenvalue weighted by atomic mass is 16.5. The maximum atomic E-state index is 13.2. The second-order valence-electron chi connectivity index (χ2n) is 6.46. The first kappa shape index (κ1) is 17.8. The van der Waals surface area contributed by atoms with Gasteiger partial charge in [-0.2, -0.15) is 0 Å². The molecule has 2 aromatic carbocycles. The van der Waals surface area contributed by atoms with Crippen LogP contribution in [0.4, 0.5) is 5.69 Å². The molecular formula is C20H22N2O4. The fourth-order valence-corrected chi connectivity index (χ4v) is 2.94. The van der Waals surface area contributed by atoms with Crippen LogP contribution in [-0.4, -0.2) is 50.6 Å². The van der Waals surface area contributed by atoms with E-state index < -0.39 is 0 Å². The lowest BCUT2D eigenvalue weighted by Gasteiger charge is -2.33. The van der Waals surface area contributed by atoms with Crippen molar-refractivity contribution in [1.29, 1.82) is 0 Å². The van der Waals surface area contributed by atoms with Crippen LogP contribution in [0.25, 0.3) is 0 Å². The number of amides is 2. The molecule has 0 saturated heterocycles. The highest BCUT2D eigenvalue weighted by Crippen LogP contribution is 2.37. The summed E-state index contributed by atoms with van der Waals surface area (Å²) < 4.78 is 11.1. The van der Waals surface area contributed by atoms with Crippen LogP contribution in [0.15, 0.2) is 42.5 Å². The second-order valence-corrected chi connectivity index (χ2v) is 6.46. The number of rotatable bonds is 3. The van der Waals surface area contributed by atoms with Gasteiger partial charge in [0.2, 0.25) is 0 Å². The zero-order valence-electron chi connectivity index (χ0n) is 15.4. The molecule has 0 bridgehead atoms. The number of fused-ring (bicyclic) bond motifs is 1. The van der Waals surface area contributed by atoms with Gasteiger partial charge in [0.25, 0.3) is 11.8 Å². The van der Waals surface area contributed by atoms with E-state index in [2.05, 4.69) is 0 Å². The van der Waals surface area contributed by atoms with E-state index in [9.17, 15) is 9.59 Å². The van der Waals surface area contributed by atoms with E-state index >= 15 is 0 Å². The number of nitrogens with zero attached hydrogens (tertiary/aromatic N) is 2. The van der Waals surface area contributed by atoms with Crippen LogP contribution in [0.2, 0.25) is 0 Å². The van der Waals surface area contributed by atoms with Crippen LogP contribution in [0.3, 0.4) is 0 Å². The summed E-state index contributed by atoms with van der Waals surface area (Å²) in [6.07, 6.45) is -0.133. The van der Waals surface area contributed by atoms with Crippen molar-refractivity contribution in [1.82, 2.24) is 4.90 Å². The van der Waals surface area contributed by atoms with Gasteiger partial charge in [0.15, 0.2) is 0 Å².